The van der Waals surface area contributed by atoms with Gasteiger partial charge in [0, 0.05) is 37.3 Å². The van der Waals surface area contributed by atoms with Crippen LogP contribution in [0, 0.1) is 29.6 Å². The number of anilines is 1. The first-order valence-electron chi connectivity index (χ1n) is 19.0. The zero-order valence-electron chi connectivity index (χ0n) is 30.4. The number of aromatic amines is 1. The highest BCUT2D eigenvalue weighted by molar-refractivity contribution is 5.86. The van der Waals surface area contributed by atoms with Gasteiger partial charge in [-0.3, -0.25) is 0 Å². The predicted molar refractivity (Wildman–Crippen MR) is 208 cm³/mol. The summed E-state index contributed by atoms with van der Waals surface area (Å²) < 4.78 is 0. The zero-order valence-corrected chi connectivity index (χ0v) is 30.4. The van der Waals surface area contributed by atoms with Crippen LogP contribution in [0.25, 0.3) is 10.8 Å². The lowest BCUT2D eigenvalue weighted by atomic mass is 9.48. The number of H-pyrrole nitrogens is 1. The second-order valence-electron chi connectivity index (χ2n) is 15.4. The number of nitrogens with one attached hydrogen (secondary N) is 2. The average Bonchev–Trinajstić information content (AvgIpc) is 3.65. The minimum Gasteiger partial charge on any atom is -0.478 e. The van der Waals surface area contributed by atoms with Gasteiger partial charge in [-0.15, -0.1) is 0 Å². The number of aliphatic carboxylic acids is 1. The first-order chi connectivity index (χ1) is 25.6. The van der Waals surface area contributed by atoms with Crippen LogP contribution in [0.3, 0.4) is 0 Å². The summed E-state index contributed by atoms with van der Waals surface area (Å²) in [6.07, 6.45) is 15.3. The summed E-state index contributed by atoms with van der Waals surface area (Å²) in [6.45, 7) is 1.70. The molecule has 0 amide bonds. The Labute approximate surface area is 311 Å². The number of carboxylic acids is 1. The summed E-state index contributed by atoms with van der Waals surface area (Å²) in [5.74, 6) is 0.345. The normalized spacial score (nSPS) is 25.5. The third-order valence-corrected chi connectivity index (χ3v) is 12.0. The van der Waals surface area contributed by atoms with Crippen LogP contribution >= 0.6 is 0 Å². The number of carbonyl (C=O) groups is 3. The lowest BCUT2D eigenvalue weighted by molar-refractivity contribution is -0.131. The minimum atomic E-state index is -1.11. The van der Waals surface area contributed by atoms with Crippen LogP contribution in [-0.4, -0.2) is 64.4 Å². The molecular weight excluding hydrogens is 668 g/mol. The number of allylic oxidation sites excluding steroid dienone is 2. The van der Waals surface area contributed by atoms with E-state index in [1.54, 1.807) is 0 Å². The van der Waals surface area contributed by atoms with E-state index in [1.165, 1.54) is 17.2 Å². The molecule has 0 aliphatic heterocycles. The second-order valence-corrected chi connectivity index (χ2v) is 15.4. The maximum atomic E-state index is 12.5. The monoisotopic (exact) mass is 722 g/mol. The van der Waals surface area contributed by atoms with Gasteiger partial charge in [0.1, 0.15) is 18.4 Å². The van der Waals surface area contributed by atoms with E-state index in [0.29, 0.717) is 12.0 Å². The smallest absolute Gasteiger partial charge is 0.328 e. The molecule has 0 spiro atoms. The number of aromatic nitrogens is 1. The number of carbonyl (C=O) groups excluding carboxylic acids is 2. The molecule has 1 heterocycles. The number of aliphatic hydroxyl groups is 1. The molecular formula is C42H54N6O5. The van der Waals surface area contributed by atoms with Crippen molar-refractivity contribution in [3.8, 4) is 0 Å². The molecule has 3 aliphatic rings. The standard InChI is InChI=1S/C42H54N6O5/c1-24(23-51)4-9-29(43)10-7-26-8-11-31-30-12-13-32(40(31)39(26)34-21-28-19-25(14-17-49)5-6-27(28)20-33(30)34)41(48-37-3-2-16-46-37)35(22-38(52)53)36(15-18-50)47-42(44)45/h2-3,5-6,8,11,16-17,19-24,26,29-32,36,39-41,46,48,50H,4,7,9-10,12-15,18,43H2,1H3,(H,52,53)(H4,44,45,47)/b35-22+/t24-,26-,29-,30-,31-,32-,36-,39+,40-,41+/m0/s1. The van der Waals surface area contributed by atoms with Gasteiger partial charge in [0.05, 0.1) is 12.1 Å². The highest BCUT2D eigenvalue weighted by Crippen LogP contribution is 2.62. The number of nitrogens with two attached hydrogens (primary N) is 3. The summed E-state index contributed by atoms with van der Waals surface area (Å²) in [4.78, 5) is 43.0. The highest BCUT2D eigenvalue weighted by atomic mass is 16.4. The topological polar surface area (TPSA) is 210 Å². The molecule has 4 bridgehead atoms. The van der Waals surface area contributed by atoms with E-state index in [1.807, 2.05) is 31.3 Å². The van der Waals surface area contributed by atoms with Gasteiger partial charge in [0.2, 0.25) is 0 Å². The molecule has 2 aromatic carbocycles. The van der Waals surface area contributed by atoms with Crippen molar-refractivity contribution in [3.05, 3.63) is 89.2 Å². The van der Waals surface area contributed by atoms with Crippen molar-refractivity contribution in [2.75, 3.05) is 11.9 Å². The summed E-state index contributed by atoms with van der Waals surface area (Å²) in [6, 6.07) is 13.6. The molecule has 1 aromatic heterocycles. The van der Waals surface area contributed by atoms with Crippen molar-refractivity contribution >= 4 is 41.1 Å². The molecule has 10 N–H and O–H groups in total. The first-order valence-corrected chi connectivity index (χ1v) is 19.0. The van der Waals surface area contributed by atoms with Crippen molar-refractivity contribution in [1.29, 1.82) is 0 Å². The Bertz CT molecular complexity index is 1850. The summed E-state index contributed by atoms with van der Waals surface area (Å²) in [5, 5.41) is 26.3. The summed E-state index contributed by atoms with van der Waals surface area (Å²) >= 11 is 0. The first kappa shape index (κ1) is 38.0. The molecule has 10 atom stereocenters. The lowest BCUT2D eigenvalue weighted by Gasteiger charge is -2.57. The Kier molecular flexibility index (Phi) is 12.1. The van der Waals surface area contributed by atoms with E-state index in [0.717, 1.165) is 73.3 Å². The fourth-order valence-electron chi connectivity index (χ4n) is 9.70. The van der Waals surface area contributed by atoms with Gasteiger partial charge in [0.25, 0.3) is 0 Å². The summed E-state index contributed by atoms with van der Waals surface area (Å²) in [5.41, 5.74) is 22.7. The number of aliphatic hydroxyl groups excluding tert-OH is 1. The Morgan fingerprint density at radius 1 is 1.04 bits per heavy atom. The SMILES string of the molecule is C[C@H](C=O)CC[C@H](N)CC[C@H]1C=C[C@@H]2[C@H]3[C@@H]([C@@H](Nc4ccc[nH]4)/C(=C/C(=O)O)[C@H](CCO)N=C(N)N)CC[C@@H]2c2cc4ccc(CC=O)cc4cc2[C@H]31. The molecule has 0 unspecified atom stereocenters. The van der Waals surface area contributed by atoms with E-state index < -0.39 is 18.1 Å². The third kappa shape index (κ3) is 8.41. The van der Waals surface area contributed by atoms with Crippen molar-refractivity contribution in [2.24, 2.45) is 51.8 Å². The largest absolute Gasteiger partial charge is 0.478 e. The van der Waals surface area contributed by atoms with Crippen LogP contribution in [-0.2, 0) is 20.8 Å². The number of hydrogen-bond acceptors (Lipinski definition) is 7. The van der Waals surface area contributed by atoms with Crippen LogP contribution in [0.5, 0.6) is 0 Å². The Balaban J connectivity index is 1.47. The number of hydrogen-bond donors (Lipinski definition) is 7. The van der Waals surface area contributed by atoms with Gasteiger partial charge in [-0.05, 0) is 126 Å². The summed E-state index contributed by atoms with van der Waals surface area (Å²) in [7, 11) is 0. The molecule has 53 heavy (non-hydrogen) atoms. The second kappa shape index (κ2) is 16.9. The number of rotatable bonds is 18. The molecule has 11 heteroatoms. The van der Waals surface area contributed by atoms with Crippen LogP contribution in [0.1, 0.15) is 80.4 Å². The molecule has 1 saturated carbocycles. The molecule has 1 fully saturated rings. The quantitative estimate of drug-likeness (QED) is 0.0304. The number of benzene rings is 2. The number of carboxylic acid groups (broad SMARTS) is 1. The van der Waals surface area contributed by atoms with Gasteiger partial charge in [-0.2, -0.15) is 0 Å². The fourth-order valence-corrected chi connectivity index (χ4v) is 9.70. The van der Waals surface area contributed by atoms with Gasteiger partial charge < -0.3 is 47.3 Å². The maximum Gasteiger partial charge on any atom is 0.328 e. The molecule has 0 saturated heterocycles. The van der Waals surface area contributed by atoms with E-state index in [4.69, 9.17) is 17.2 Å². The van der Waals surface area contributed by atoms with Gasteiger partial charge in [-0.1, -0.05) is 49.4 Å². The average molecular weight is 723 g/mol. The van der Waals surface area contributed by atoms with Crippen LogP contribution in [0.4, 0.5) is 5.82 Å². The van der Waals surface area contributed by atoms with E-state index >= 15 is 0 Å². The third-order valence-electron chi connectivity index (χ3n) is 12.0. The molecule has 282 valence electrons. The number of fused-ring (bicyclic) bond motifs is 4. The van der Waals surface area contributed by atoms with E-state index in [2.05, 4.69) is 51.7 Å². The van der Waals surface area contributed by atoms with Crippen molar-refractivity contribution < 1.29 is 24.6 Å². The highest BCUT2D eigenvalue weighted by Gasteiger charge is 2.54. The van der Waals surface area contributed by atoms with Crippen LogP contribution in [0.2, 0.25) is 0 Å². The molecule has 3 aliphatic carbocycles. The van der Waals surface area contributed by atoms with Crippen LogP contribution in [0.15, 0.2) is 77.5 Å². The van der Waals surface area contributed by atoms with Crippen molar-refractivity contribution in [2.45, 2.75) is 88.3 Å². The van der Waals surface area contributed by atoms with Crippen molar-refractivity contribution in [3.63, 3.8) is 0 Å². The Morgan fingerprint density at radius 2 is 1.85 bits per heavy atom. The molecule has 6 rings (SSSR count). The van der Waals surface area contributed by atoms with E-state index in [-0.39, 0.29) is 66.5 Å². The number of nitrogens with zero attached hydrogens (tertiary/aromatic N) is 1. The zero-order chi connectivity index (χ0) is 37.6. The molecule has 11 nitrogen and oxygen atoms in total. The van der Waals surface area contributed by atoms with Crippen LogP contribution < -0.4 is 22.5 Å². The number of aldehydes is 2. The molecule has 3 aromatic rings. The van der Waals surface area contributed by atoms with Crippen molar-refractivity contribution in [1.82, 2.24) is 4.98 Å². The molecule has 0 radical (unpaired) electrons. The number of guanidine groups is 1. The maximum absolute atomic E-state index is 12.5. The van der Waals surface area contributed by atoms with E-state index in [9.17, 15) is 24.6 Å². The van der Waals surface area contributed by atoms with Gasteiger partial charge >= 0.3 is 5.97 Å². The Hall–Kier alpha value is -4.74. The fraction of sp³-hybridized carbons (Fsp3) is 0.476. The lowest BCUT2D eigenvalue weighted by Crippen LogP contribution is -2.51. The predicted octanol–water partition coefficient (Wildman–Crippen LogP) is 5.16. The Morgan fingerprint density at radius 3 is 2.55 bits per heavy atom. The number of aliphatic imine (C=N–C) groups is 1. The van der Waals surface area contributed by atoms with Gasteiger partial charge in [-0.25, -0.2) is 9.79 Å². The minimum absolute atomic E-state index is 0.0228. The van der Waals surface area contributed by atoms with Gasteiger partial charge in [0.15, 0.2) is 5.96 Å².